The lowest BCUT2D eigenvalue weighted by Crippen LogP contribution is -2.45. The Morgan fingerprint density at radius 2 is 1.77 bits per heavy atom. The number of alkyl halides is 2. The van der Waals surface area contributed by atoms with Crippen molar-refractivity contribution >= 4 is 17.5 Å². The largest absolute Gasteiger partial charge is 0.342 e. The number of rotatable bonds is 4. The first-order chi connectivity index (χ1) is 12.3. The van der Waals surface area contributed by atoms with Crippen LogP contribution in [0.4, 0.5) is 18.9 Å². The van der Waals surface area contributed by atoms with Crippen LogP contribution in [0, 0.1) is 11.7 Å². The minimum atomic E-state index is -2.67. The van der Waals surface area contributed by atoms with Crippen LogP contribution in [0.1, 0.15) is 19.3 Å². The molecule has 2 amide bonds. The van der Waals surface area contributed by atoms with Gasteiger partial charge in [0.25, 0.3) is 5.92 Å². The van der Waals surface area contributed by atoms with E-state index in [9.17, 15) is 22.8 Å². The molecule has 1 aromatic rings. The molecule has 142 valence electrons. The predicted molar refractivity (Wildman–Crippen MR) is 90.3 cm³/mol. The fraction of sp³-hybridized carbons (Fsp3) is 0.556. The van der Waals surface area contributed by atoms with Gasteiger partial charge >= 0.3 is 0 Å². The summed E-state index contributed by atoms with van der Waals surface area (Å²) in [5.74, 6) is -3.62. The zero-order chi connectivity index (χ0) is 18.7. The third-order valence-electron chi connectivity index (χ3n) is 4.92. The molecule has 1 unspecified atom stereocenters. The molecule has 1 N–H and O–H groups in total. The topological polar surface area (TPSA) is 52.7 Å². The molecule has 2 aliphatic rings. The third-order valence-corrected chi connectivity index (χ3v) is 4.92. The number of carbonyl (C=O) groups is 2. The second-order valence-corrected chi connectivity index (χ2v) is 6.96. The lowest BCUT2D eigenvalue weighted by atomic mass is 10.0. The van der Waals surface area contributed by atoms with Crippen LogP contribution in [0.15, 0.2) is 24.3 Å². The number of halogens is 3. The van der Waals surface area contributed by atoms with E-state index in [1.807, 2.05) is 4.90 Å². The SMILES string of the molecule is O=C(CN1CCC(C(=O)N2CCC(F)(F)CC2)C1)Nc1ccc(F)cc1. The maximum Gasteiger partial charge on any atom is 0.251 e. The fourth-order valence-corrected chi connectivity index (χ4v) is 3.43. The quantitative estimate of drug-likeness (QED) is 0.886. The number of piperidine rings is 1. The average molecular weight is 369 g/mol. The van der Waals surface area contributed by atoms with Crippen LogP contribution in [0.2, 0.25) is 0 Å². The molecule has 26 heavy (non-hydrogen) atoms. The van der Waals surface area contributed by atoms with Gasteiger partial charge in [-0.3, -0.25) is 14.5 Å². The Labute approximate surface area is 150 Å². The van der Waals surface area contributed by atoms with Gasteiger partial charge in [-0.05, 0) is 37.2 Å². The highest BCUT2D eigenvalue weighted by atomic mass is 19.3. The molecule has 0 bridgehead atoms. The minimum Gasteiger partial charge on any atom is -0.342 e. The molecule has 1 atom stereocenters. The van der Waals surface area contributed by atoms with Gasteiger partial charge in [0, 0.05) is 38.2 Å². The lowest BCUT2D eigenvalue weighted by Gasteiger charge is -2.33. The van der Waals surface area contributed by atoms with E-state index in [0.717, 1.165) is 0 Å². The van der Waals surface area contributed by atoms with Crippen molar-refractivity contribution in [2.45, 2.75) is 25.2 Å². The third kappa shape index (κ3) is 4.75. The van der Waals surface area contributed by atoms with E-state index in [2.05, 4.69) is 5.32 Å². The van der Waals surface area contributed by atoms with E-state index in [0.29, 0.717) is 25.2 Å². The number of likely N-dealkylation sites (tertiary alicyclic amines) is 2. The number of hydrogen-bond acceptors (Lipinski definition) is 3. The summed E-state index contributed by atoms with van der Waals surface area (Å²) in [5.41, 5.74) is 0.512. The van der Waals surface area contributed by atoms with Crippen molar-refractivity contribution in [1.82, 2.24) is 9.80 Å². The van der Waals surface area contributed by atoms with Gasteiger partial charge in [0.15, 0.2) is 0 Å². The standard InChI is InChI=1S/C18H22F3N3O2/c19-14-1-3-15(4-2-14)22-16(25)12-23-8-5-13(11-23)17(26)24-9-6-18(20,21)7-10-24/h1-4,13H,5-12H2,(H,22,25). The summed E-state index contributed by atoms with van der Waals surface area (Å²) < 4.78 is 39.3. The molecule has 1 aromatic carbocycles. The summed E-state index contributed by atoms with van der Waals surface area (Å²) in [6.07, 6.45) is 0.0556. The van der Waals surface area contributed by atoms with E-state index < -0.39 is 5.92 Å². The predicted octanol–water partition coefficient (Wildman–Crippen LogP) is 2.34. The zero-order valence-electron chi connectivity index (χ0n) is 14.4. The Hall–Kier alpha value is -2.09. The van der Waals surface area contributed by atoms with E-state index in [-0.39, 0.29) is 56.0 Å². The van der Waals surface area contributed by atoms with Crippen molar-refractivity contribution in [3.8, 4) is 0 Å². The molecular formula is C18H22F3N3O2. The van der Waals surface area contributed by atoms with Gasteiger partial charge in [-0.25, -0.2) is 13.2 Å². The summed E-state index contributed by atoms with van der Waals surface area (Å²) in [5, 5.41) is 2.69. The molecule has 3 rings (SSSR count). The Balaban J connectivity index is 1.45. The van der Waals surface area contributed by atoms with Gasteiger partial charge in [-0.1, -0.05) is 0 Å². The molecule has 8 heteroatoms. The summed E-state index contributed by atoms with van der Waals surface area (Å²) in [6.45, 7) is 1.37. The normalized spacial score (nSPS) is 23.0. The number of nitrogens with zero attached hydrogens (tertiary/aromatic N) is 2. The van der Waals surface area contributed by atoms with E-state index >= 15 is 0 Å². The van der Waals surface area contributed by atoms with Crippen molar-refractivity contribution in [3.05, 3.63) is 30.1 Å². The number of hydrogen-bond donors (Lipinski definition) is 1. The van der Waals surface area contributed by atoms with Crippen molar-refractivity contribution in [2.75, 3.05) is 38.0 Å². The Kier molecular flexibility index (Phi) is 5.50. The van der Waals surface area contributed by atoms with Crippen molar-refractivity contribution in [3.63, 3.8) is 0 Å². The van der Waals surface area contributed by atoms with Crippen molar-refractivity contribution in [2.24, 2.45) is 5.92 Å². The summed E-state index contributed by atoms with van der Waals surface area (Å²) in [7, 11) is 0. The number of anilines is 1. The highest BCUT2D eigenvalue weighted by molar-refractivity contribution is 5.92. The first-order valence-electron chi connectivity index (χ1n) is 8.77. The second-order valence-electron chi connectivity index (χ2n) is 6.96. The van der Waals surface area contributed by atoms with Gasteiger partial charge < -0.3 is 10.2 Å². The van der Waals surface area contributed by atoms with Crippen molar-refractivity contribution in [1.29, 1.82) is 0 Å². The van der Waals surface area contributed by atoms with E-state index in [4.69, 9.17) is 0 Å². The number of benzene rings is 1. The highest BCUT2D eigenvalue weighted by Crippen LogP contribution is 2.29. The van der Waals surface area contributed by atoms with E-state index in [1.54, 1.807) is 0 Å². The molecule has 2 heterocycles. The average Bonchev–Trinajstić information content (AvgIpc) is 3.04. The van der Waals surface area contributed by atoms with Gasteiger partial charge in [0.05, 0.1) is 12.5 Å². The first kappa shape index (κ1) is 18.7. The summed E-state index contributed by atoms with van der Waals surface area (Å²) in [4.78, 5) is 28.0. The Morgan fingerprint density at radius 1 is 1.12 bits per heavy atom. The minimum absolute atomic E-state index is 0.0907. The highest BCUT2D eigenvalue weighted by Gasteiger charge is 2.38. The molecule has 2 aliphatic heterocycles. The van der Waals surface area contributed by atoms with Gasteiger partial charge in [-0.15, -0.1) is 0 Å². The molecule has 2 saturated heterocycles. The molecular weight excluding hydrogens is 347 g/mol. The lowest BCUT2D eigenvalue weighted by molar-refractivity contribution is -0.141. The van der Waals surface area contributed by atoms with Crippen LogP contribution in [0.25, 0.3) is 0 Å². The number of carbonyl (C=O) groups excluding carboxylic acids is 2. The fourth-order valence-electron chi connectivity index (χ4n) is 3.43. The van der Waals surface area contributed by atoms with Crippen LogP contribution in [-0.2, 0) is 9.59 Å². The molecule has 0 saturated carbocycles. The van der Waals surface area contributed by atoms with Crippen molar-refractivity contribution < 1.29 is 22.8 Å². The monoisotopic (exact) mass is 369 g/mol. The van der Waals surface area contributed by atoms with Gasteiger partial charge in [0.2, 0.25) is 11.8 Å². The maximum absolute atomic E-state index is 13.2. The maximum atomic E-state index is 13.2. The number of amides is 2. The van der Waals surface area contributed by atoms with Gasteiger partial charge in [0.1, 0.15) is 5.82 Å². The molecule has 0 aromatic heterocycles. The van der Waals surface area contributed by atoms with Gasteiger partial charge in [-0.2, -0.15) is 0 Å². The molecule has 5 nitrogen and oxygen atoms in total. The zero-order valence-corrected chi connectivity index (χ0v) is 14.4. The molecule has 2 fully saturated rings. The molecule has 0 radical (unpaired) electrons. The summed E-state index contributed by atoms with van der Waals surface area (Å²) >= 11 is 0. The first-order valence-corrected chi connectivity index (χ1v) is 8.77. The van der Waals surface area contributed by atoms with Crippen LogP contribution in [0.5, 0.6) is 0 Å². The summed E-state index contributed by atoms with van der Waals surface area (Å²) in [6, 6.07) is 5.50. The molecule has 0 aliphatic carbocycles. The molecule has 0 spiro atoms. The van der Waals surface area contributed by atoms with Crippen LogP contribution in [0.3, 0.4) is 0 Å². The van der Waals surface area contributed by atoms with Crippen LogP contribution < -0.4 is 5.32 Å². The van der Waals surface area contributed by atoms with Crippen LogP contribution >= 0.6 is 0 Å². The van der Waals surface area contributed by atoms with E-state index in [1.165, 1.54) is 29.2 Å². The van der Waals surface area contributed by atoms with Crippen LogP contribution in [-0.4, -0.2) is 60.3 Å². The second kappa shape index (κ2) is 7.65. The Bertz CT molecular complexity index is 656. The smallest absolute Gasteiger partial charge is 0.251 e. The number of nitrogens with one attached hydrogen (secondary N) is 1. The Morgan fingerprint density at radius 3 is 2.42 bits per heavy atom.